The van der Waals surface area contributed by atoms with Crippen LogP contribution in [0.25, 0.3) is 0 Å². The third-order valence-corrected chi connectivity index (χ3v) is 4.51. The standard InChI is InChI=1S/C16H24N2O2/c1-13-4-3-5-14(17-13)12-18(2)15-6-8-16(9-7-15)19-10-11-20-16/h3-5,15H,6-12H2,1-2H3. The largest absolute Gasteiger partial charge is 0.348 e. The summed E-state index contributed by atoms with van der Waals surface area (Å²) in [6.07, 6.45) is 4.32. The molecule has 0 aromatic carbocycles. The second kappa shape index (κ2) is 5.80. The lowest BCUT2D eigenvalue weighted by atomic mass is 9.89. The SMILES string of the molecule is Cc1cccc(CN(C)C2CCC3(CC2)OCCO3)n1. The van der Waals surface area contributed by atoms with Crippen molar-refractivity contribution < 1.29 is 9.47 Å². The van der Waals surface area contributed by atoms with E-state index in [4.69, 9.17) is 9.47 Å². The second-order valence-corrected chi connectivity index (χ2v) is 6.02. The van der Waals surface area contributed by atoms with Crippen LogP contribution < -0.4 is 0 Å². The minimum Gasteiger partial charge on any atom is -0.348 e. The van der Waals surface area contributed by atoms with Gasteiger partial charge in [-0.1, -0.05) is 6.07 Å². The van der Waals surface area contributed by atoms with Crippen molar-refractivity contribution in [2.24, 2.45) is 0 Å². The molecule has 0 N–H and O–H groups in total. The highest BCUT2D eigenvalue weighted by Gasteiger charge is 2.40. The molecular weight excluding hydrogens is 252 g/mol. The second-order valence-electron chi connectivity index (χ2n) is 6.02. The van der Waals surface area contributed by atoms with Crippen LogP contribution in [0, 0.1) is 6.92 Å². The van der Waals surface area contributed by atoms with Crippen molar-refractivity contribution in [1.29, 1.82) is 0 Å². The number of aryl methyl sites for hydroxylation is 1. The highest BCUT2D eigenvalue weighted by molar-refractivity contribution is 5.09. The van der Waals surface area contributed by atoms with Crippen molar-refractivity contribution in [2.75, 3.05) is 20.3 Å². The first-order valence-electron chi connectivity index (χ1n) is 7.58. The molecular formula is C16H24N2O2. The Labute approximate surface area is 121 Å². The molecule has 1 saturated heterocycles. The Morgan fingerprint density at radius 1 is 1.25 bits per heavy atom. The van der Waals surface area contributed by atoms with E-state index in [-0.39, 0.29) is 5.79 Å². The highest BCUT2D eigenvalue weighted by Crippen LogP contribution is 2.37. The van der Waals surface area contributed by atoms with Gasteiger partial charge in [0, 0.05) is 31.1 Å². The van der Waals surface area contributed by atoms with Gasteiger partial charge < -0.3 is 9.47 Å². The molecule has 1 aromatic heterocycles. The van der Waals surface area contributed by atoms with Gasteiger partial charge in [-0.3, -0.25) is 9.88 Å². The Morgan fingerprint density at radius 3 is 2.60 bits per heavy atom. The molecule has 1 spiro atoms. The predicted octanol–water partition coefficient (Wildman–Crippen LogP) is 2.51. The van der Waals surface area contributed by atoms with Crippen molar-refractivity contribution in [3.8, 4) is 0 Å². The lowest BCUT2D eigenvalue weighted by molar-refractivity contribution is -0.183. The van der Waals surface area contributed by atoms with Gasteiger partial charge in [-0.25, -0.2) is 0 Å². The Kier molecular flexibility index (Phi) is 4.06. The monoisotopic (exact) mass is 276 g/mol. The van der Waals surface area contributed by atoms with Gasteiger partial charge in [-0.15, -0.1) is 0 Å². The van der Waals surface area contributed by atoms with Crippen molar-refractivity contribution in [3.63, 3.8) is 0 Å². The molecule has 0 bridgehead atoms. The molecule has 1 aliphatic heterocycles. The van der Waals surface area contributed by atoms with E-state index >= 15 is 0 Å². The van der Waals surface area contributed by atoms with Crippen LogP contribution in [0.15, 0.2) is 18.2 Å². The van der Waals surface area contributed by atoms with E-state index in [1.54, 1.807) is 0 Å². The smallest absolute Gasteiger partial charge is 0.168 e. The number of ether oxygens (including phenoxy) is 2. The van der Waals surface area contributed by atoms with Gasteiger partial charge in [-0.2, -0.15) is 0 Å². The third-order valence-electron chi connectivity index (χ3n) is 4.51. The third kappa shape index (κ3) is 3.03. The van der Waals surface area contributed by atoms with E-state index in [0.717, 1.165) is 56.8 Å². The van der Waals surface area contributed by atoms with E-state index in [1.807, 2.05) is 13.0 Å². The normalized spacial score (nSPS) is 22.8. The summed E-state index contributed by atoms with van der Waals surface area (Å²) in [6.45, 7) is 4.48. The van der Waals surface area contributed by atoms with E-state index in [0.29, 0.717) is 6.04 Å². The first-order chi connectivity index (χ1) is 9.67. The van der Waals surface area contributed by atoms with E-state index in [9.17, 15) is 0 Å². The van der Waals surface area contributed by atoms with E-state index < -0.39 is 0 Å². The summed E-state index contributed by atoms with van der Waals surface area (Å²) in [5.41, 5.74) is 2.24. The van der Waals surface area contributed by atoms with Crippen molar-refractivity contribution >= 4 is 0 Å². The van der Waals surface area contributed by atoms with Crippen LogP contribution in [0.5, 0.6) is 0 Å². The van der Waals surface area contributed by atoms with E-state index in [2.05, 4.69) is 29.1 Å². The number of aromatic nitrogens is 1. The maximum atomic E-state index is 5.79. The average Bonchev–Trinajstić information content (AvgIpc) is 2.88. The number of pyridine rings is 1. The average molecular weight is 276 g/mol. The molecule has 4 heteroatoms. The number of hydrogen-bond acceptors (Lipinski definition) is 4. The van der Waals surface area contributed by atoms with Crippen LogP contribution in [0.1, 0.15) is 37.1 Å². The van der Waals surface area contributed by atoms with Gasteiger partial charge in [0.15, 0.2) is 5.79 Å². The molecule has 3 rings (SSSR count). The molecule has 0 atom stereocenters. The van der Waals surface area contributed by atoms with Crippen molar-refractivity contribution in [1.82, 2.24) is 9.88 Å². The summed E-state index contributed by atoms with van der Waals surface area (Å²) in [5.74, 6) is -0.251. The zero-order valence-electron chi connectivity index (χ0n) is 12.5. The maximum Gasteiger partial charge on any atom is 0.168 e. The van der Waals surface area contributed by atoms with Gasteiger partial charge in [0.25, 0.3) is 0 Å². The first-order valence-corrected chi connectivity index (χ1v) is 7.58. The summed E-state index contributed by atoms with van der Waals surface area (Å²) in [4.78, 5) is 7.01. The first kappa shape index (κ1) is 14.0. The van der Waals surface area contributed by atoms with Crippen LogP contribution in [0.4, 0.5) is 0 Å². The zero-order chi connectivity index (χ0) is 14.0. The molecule has 1 aliphatic carbocycles. The Morgan fingerprint density at radius 2 is 1.95 bits per heavy atom. The molecule has 0 amide bonds. The molecule has 110 valence electrons. The molecule has 0 radical (unpaired) electrons. The lowest BCUT2D eigenvalue weighted by Gasteiger charge is -2.39. The molecule has 2 fully saturated rings. The molecule has 1 aromatic rings. The van der Waals surface area contributed by atoms with Crippen molar-refractivity contribution in [2.45, 2.75) is 51.0 Å². The molecule has 4 nitrogen and oxygen atoms in total. The van der Waals surface area contributed by atoms with Gasteiger partial charge in [0.1, 0.15) is 0 Å². The fourth-order valence-electron chi connectivity index (χ4n) is 3.34. The molecule has 0 unspecified atom stereocenters. The van der Waals surface area contributed by atoms with Crippen LogP contribution in [-0.2, 0) is 16.0 Å². The Hall–Kier alpha value is -0.970. The topological polar surface area (TPSA) is 34.6 Å². The fourth-order valence-corrected chi connectivity index (χ4v) is 3.34. The number of nitrogens with zero attached hydrogens (tertiary/aromatic N) is 2. The van der Waals surface area contributed by atoms with Gasteiger partial charge >= 0.3 is 0 Å². The lowest BCUT2D eigenvalue weighted by Crippen LogP contribution is -2.42. The van der Waals surface area contributed by atoms with Gasteiger partial charge in [-0.05, 0) is 38.9 Å². The van der Waals surface area contributed by atoms with Crippen LogP contribution in [0.2, 0.25) is 0 Å². The van der Waals surface area contributed by atoms with Crippen LogP contribution >= 0.6 is 0 Å². The predicted molar refractivity (Wildman–Crippen MR) is 77.3 cm³/mol. The van der Waals surface area contributed by atoms with Crippen LogP contribution in [-0.4, -0.2) is 42.0 Å². The summed E-state index contributed by atoms with van der Waals surface area (Å²) in [5, 5.41) is 0. The molecule has 1 saturated carbocycles. The zero-order valence-corrected chi connectivity index (χ0v) is 12.5. The fraction of sp³-hybridized carbons (Fsp3) is 0.688. The Balaban J connectivity index is 1.55. The van der Waals surface area contributed by atoms with E-state index in [1.165, 1.54) is 0 Å². The number of hydrogen-bond donors (Lipinski definition) is 0. The van der Waals surface area contributed by atoms with Gasteiger partial charge in [0.2, 0.25) is 0 Å². The molecule has 2 aliphatic rings. The minimum atomic E-state index is -0.251. The minimum absolute atomic E-state index is 0.251. The Bertz CT molecular complexity index is 448. The summed E-state index contributed by atoms with van der Waals surface area (Å²) >= 11 is 0. The summed E-state index contributed by atoms with van der Waals surface area (Å²) in [6, 6.07) is 6.84. The van der Waals surface area contributed by atoms with Gasteiger partial charge in [0.05, 0.1) is 18.9 Å². The maximum absolute atomic E-state index is 5.79. The number of rotatable bonds is 3. The van der Waals surface area contributed by atoms with Crippen molar-refractivity contribution in [3.05, 3.63) is 29.6 Å². The van der Waals surface area contributed by atoms with Crippen LogP contribution in [0.3, 0.4) is 0 Å². The summed E-state index contributed by atoms with van der Waals surface area (Å²) in [7, 11) is 2.20. The quantitative estimate of drug-likeness (QED) is 0.849. The molecule has 20 heavy (non-hydrogen) atoms. The summed E-state index contributed by atoms with van der Waals surface area (Å²) < 4.78 is 11.6. The molecule has 2 heterocycles. The highest BCUT2D eigenvalue weighted by atomic mass is 16.7.